The predicted molar refractivity (Wildman–Crippen MR) is 105 cm³/mol. The van der Waals surface area contributed by atoms with Gasteiger partial charge in [-0.15, -0.1) is 11.3 Å². The first-order chi connectivity index (χ1) is 12.9. The third-order valence-corrected chi connectivity index (χ3v) is 7.60. The summed E-state index contributed by atoms with van der Waals surface area (Å²) in [6.07, 6.45) is 3.55. The van der Waals surface area contributed by atoms with E-state index in [0.717, 1.165) is 56.7 Å². The molecule has 27 heavy (non-hydrogen) atoms. The Kier molecular flexibility index (Phi) is 5.03. The highest BCUT2D eigenvalue weighted by atomic mass is 32.1. The standard InChI is InChI=1S/C20H29N3O3S/c1-14(24)22-9-6-20(7-10-22)16-12-18(27-17(16)5-11-26-20)19(25)23-8-4-15(13-23)21(2)3/h12,15H,4-11,13H2,1-3H3. The van der Waals surface area contributed by atoms with Crippen molar-refractivity contribution in [1.29, 1.82) is 0 Å². The lowest BCUT2D eigenvalue weighted by molar-refractivity contribution is -0.138. The molecule has 0 bridgehead atoms. The van der Waals surface area contributed by atoms with Gasteiger partial charge in [-0.3, -0.25) is 9.59 Å². The number of likely N-dealkylation sites (tertiary alicyclic amines) is 2. The number of nitrogens with zero attached hydrogens (tertiary/aromatic N) is 3. The van der Waals surface area contributed by atoms with E-state index in [1.807, 2.05) is 9.80 Å². The second kappa shape index (κ2) is 7.18. The molecule has 0 saturated carbocycles. The molecular formula is C20H29N3O3S. The van der Waals surface area contributed by atoms with Crippen molar-refractivity contribution in [3.8, 4) is 0 Å². The fourth-order valence-corrected chi connectivity index (χ4v) is 5.82. The maximum Gasteiger partial charge on any atom is 0.263 e. The maximum atomic E-state index is 13.1. The largest absolute Gasteiger partial charge is 0.370 e. The highest BCUT2D eigenvalue weighted by Gasteiger charge is 2.43. The summed E-state index contributed by atoms with van der Waals surface area (Å²) in [5.74, 6) is 0.293. The van der Waals surface area contributed by atoms with Crippen LogP contribution in [0.3, 0.4) is 0 Å². The van der Waals surface area contributed by atoms with Gasteiger partial charge in [-0.25, -0.2) is 0 Å². The number of amides is 2. The van der Waals surface area contributed by atoms with E-state index in [-0.39, 0.29) is 17.4 Å². The number of hydrogen-bond donors (Lipinski definition) is 0. The Bertz CT molecular complexity index is 737. The maximum absolute atomic E-state index is 13.1. The number of thiophene rings is 1. The van der Waals surface area contributed by atoms with E-state index in [1.165, 1.54) is 10.4 Å². The lowest BCUT2D eigenvalue weighted by Gasteiger charge is -2.43. The molecule has 2 saturated heterocycles. The van der Waals surface area contributed by atoms with Crippen molar-refractivity contribution in [2.75, 3.05) is 46.9 Å². The first-order valence-electron chi connectivity index (χ1n) is 9.88. The van der Waals surface area contributed by atoms with E-state index in [9.17, 15) is 9.59 Å². The van der Waals surface area contributed by atoms with Crippen LogP contribution in [-0.2, 0) is 21.6 Å². The van der Waals surface area contributed by atoms with Gasteiger partial charge in [0.2, 0.25) is 5.91 Å². The third-order valence-electron chi connectivity index (χ3n) is 6.42. The Morgan fingerprint density at radius 2 is 1.96 bits per heavy atom. The van der Waals surface area contributed by atoms with Crippen LogP contribution < -0.4 is 0 Å². The Morgan fingerprint density at radius 1 is 1.22 bits per heavy atom. The Labute approximate surface area is 165 Å². The SMILES string of the molecule is CC(=O)N1CCC2(CC1)OCCc1sc(C(=O)N3CCC(N(C)C)C3)cc12. The first kappa shape index (κ1) is 18.9. The van der Waals surface area contributed by atoms with Crippen LogP contribution >= 0.6 is 11.3 Å². The predicted octanol–water partition coefficient (Wildman–Crippen LogP) is 1.93. The fourth-order valence-electron chi connectivity index (χ4n) is 4.62. The Hall–Kier alpha value is -1.44. The van der Waals surface area contributed by atoms with E-state index in [0.29, 0.717) is 12.6 Å². The number of hydrogen-bond acceptors (Lipinski definition) is 5. The van der Waals surface area contributed by atoms with Crippen LogP contribution in [0.25, 0.3) is 0 Å². The topological polar surface area (TPSA) is 53.1 Å². The van der Waals surface area contributed by atoms with Crippen molar-refractivity contribution < 1.29 is 14.3 Å². The number of carbonyl (C=O) groups excluding carboxylic acids is 2. The summed E-state index contributed by atoms with van der Waals surface area (Å²) in [5.41, 5.74) is 0.889. The van der Waals surface area contributed by atoms with Gasteiger partial charge >= 0.3 is 0 Å². The van der Waals surface area contributed by atoms with Crippen LogP contribution in [-0.4, -0.2) is 79.4 Å². The zero-order valence-electron chi connectivity index (χ0n) is 16.5. The summed E-state index contributed by atoms with van der Waals surface area (Å²) in [6, 6.07) is 2.54. The quantitative estimate of drug-likeness (QED) is 0.773. The minimum atomic E-state index is -0.314. The van der Waals surface area contributed by atoms with E-state index < -0.39 is 0 Å². The van der Waals surface area contributed by atoms with Crippen molar-refractivity contribution in [2.45, 2.75) is 44.2 Å². The second-order valence-electron chi connectivity index (χ2n) is 8.20. The lowest BCUT2D eigenvalue weighted by atomic mass is 9.82. The molecule has 0 radical (unpaired) electrons. The lowest BCUT2D eigenvalue weighted by Crippen LogP contribution is -2.47. The number of fused-ring (bicyclic) bond motifs is 2. The van der Waals surface area contributed by atoms with Gasteiger partial charge in [0.15, 0.2) is 0 Å². The second-order valence-corrected chi connectivity index (χ2v) is 9.34. The van der Waals surface area contributed by atoms with Crippen LogP contribution in [0.1, 0.15) is 46.3 Å². The molecular weight excluding hydrogens is 362 g/mol. The summed E-state index contributed by atoms with van der Waals surface area (Å²) in [7, 11) is 4.16. The van der Waals surface area contributed by atoms with Crippen LogP contribution in [0.15, 0.2) is 6.07 Å². The van der Waals surface area contributed by atoms with Crippen molar-refractivity contribution >= 4 is 23.2 Å². The minimum Gasteiger partial charge on any atom is -0.370 e. The summed E-state index contributed by atoms with van der Waals surface area (Å²) >= 11 is 1.65. The fraction of sp³-hybridized carbons (Fsp3) is 0.700. The van der Waals surface area contributed by atoms with Crippen molar-refractivity contribution in [2.24, 2.45) is 0 Å². The zero-order chi connectivity index (χ0) is 19.2. The van der Waals surface area contributed by atoms with Gasteiger partial charge in [0.05, 0.1) is 17.1 Å². The molecule has 0 aromatic carbocycles. The summed E-state index contributed by atoms with van der Waals surface area (Å²) in [4.78, 5) is 33.0. The molecule has 2 amide bonds. The van der Waals surface area contributed by atoms with E-state index >= 15 is 0 Å². The molecule has 148 valence electrons. The van der Waals surface area contributed by atoms with Crippen molar-refractivity contribution in [3.05, 3.63) is 21.4 Å². The molecule has 7 heteroatoms. The molecule has 0 aliphatic carbocycles. The average Bonchev–Trinajstić information content (AvgIpc) is 3.30. The molecule has 3 aliphatic heterocycles. The Morgan fingerprint density at radius 3 is 2.59 bits per heavy atom. The smallest absolute Gasteiger partial charge is 0.263 e. The van der Waals surface area contributed by atoms with Crippen LogP contribution in [0, 0.1) is 0 Å². The van der Waals surface area contributed by atoms with Gasteiger partial charge in [-0.2, -0.15) is 0 Å². The molecule has 6 nitrogen and oxygen atoms in total. The third kappa shape index (κ3) is 3.41. The molecule has 4 heterocycles. The molecule has 4 rings (SSSR count). The number of rotatable bonds is 2. The molecule has 1 aromatic heterocycles. The highest BCUT2D eigenvalue weighted by Crippen LogP contribution is 2.44. The molecule has 1 spiro atoms. The van der Waals surface area contributed by atoms with Gasteiger partial charge in [0, 0.05) is 50.4 Å². The van der Waals surface area contributed by atoms with E-state index in [4.69, 9.17) is 4.74 Å². The summed E-state index contributed by atoms with van der Waals surface area (Å²) in [5, 5.41) is 0. The summed E-state index contributed by atoms with van der Waals surface area (Å²) < 4.78 is 6.27. The molecule has 3 aliphatic rings. The molecule has 1 atom stereocenters. The van der Waals surface area contributed by atoms with E-state index in [1.54, 1.807) is 18.3 Å². The summed E-state index contributed by atoms with van der Waals surface area (Å²) in [6.45, 7) is 5.43. The molecule has 0 N–H and O–H groups in total. The monoisotopic (exact) mass is 391 g/mol. The minimum absolute atomic E-state index is 0.131. The van der Waals surface area contributed by atoms with Gasteiger partial charge in [-0.05, 0) is 45.0 Å². The van der Waals surface area contributed by atoms with Gasteiger partial charge < -0.3 is 19.4 Å². The zero-order valence-corrected chi connectivity index (χ0v) is 17.3. The number of carbonyl (C=O) groups is 2. The average molecular weight is 392 g/mol. The van der Waals surface area contributed by atoms with Gasteiger partial charge in [0.25, 0.3) is 5.91 Å². The molecule has 1 aromatic rings. The molecule has 2 fully saturated rings. The van der Waals surface area contributed by atoms with Gasteiger partial charge in [0.1, 0.15) is 0 Å². The van der Waals surface area contributed by atoms with Crippen LogP contribution in [0.2, 0.25) is 0 Å². The van der Waals surface area contributed by atoms with Gasteiger partial charge in [-0.1, -0.05) is 0 Å². The molecule has 1 unspecified atom stereocenters. The highest BCUT2D eigenvalue weighted by molar-refractivity contribution is 7.14. The number of piperidine rings is 1. The van der Waals surface area contributed by atoms with Crippen molar-refractivity contribution in [1.82, 2.24) is 14.7 Å². The number of ether oxygens (including phenoxy) is 1. The van der Waals surface area contributed by atoms with E-state index in [2.05, 4.69) is 25.1 Å². The number of likely N-dealkylation sites (N-methyl/N-ethyl adjacent to an activating group) is 1. The van der Waals surface area contributed by atoms with Crippen LogP contribution in [0.4, 0.5) is 0 Å². The van der Waals surface area contributed by atoms with Crippen LogP contribution in [0.5, 0.6) is 0 Å². The normalized spacial score (nSPS) is 24.5. The first-order valence-corrected chi connectivity index (χ1v) is 10.7. The van der Waals surface area contributed by atoms with Crippen molar-refractivity contribution in [3.63, 3.8) is 0 Å². The Balaban J connectivity index is 1.53.